The van der Waals surface area contributed by atoms with Gasteiger partial charge in [-0.1, -0.05) is 48.5 Å². The van der Waals surface area contributed by atoms with Gasteiger partial charge in [-0.25, -0.2) is 0 Å². The molecule has 2 saturated heterocycles. The number of rotatable bonds is 5. The third kappa shape index (κ3) is 4.34. The SMILES string of the molecule is Oc1ccccc1CCN1CCC2(CC1)COCCN2Cc1ccccc1. The number of aromatic hydroxyl groups is 1. The Morgan fingerprint density at radius 1 is 0.926 bits per heavy atom. The van der Waals surface area contributed by atoms with Crippen LogP contribution < -0.4 is 0 Å². The van der Waals surface area contributed by atoms with Crippen molar-refractivity contribution in [2.45, 2.75) is 31.3 Å². The Morgan fingerprint density at radius 2 is 1.67 bits per heavy atom. The zero-order valence-electron chi connectivity index (χ0n) is 16.0. The number of morpholine rings is 1. The second-order valence-corrected chi connectivity index (χ2v) is 7.90. The fourth-order valence-corrected chi connectivity index (χ4v) is 4.47. The number of likely N-dealkylation sites (tertiary alicyclic amines) is 1. The molecular weight excluding hydrogens is 336 g/mol. The third-order valence-corrected chi connectivity index (χ3v) is 6.24. The molecule has 27 heavy (non-hydrogen) atoms. The van der Waals surface area contributed by atoms with Crippen LogP contribution in [0.1, 0.15) is 24.0 Å². The Labute approximate surface area is 162 Å². The van der Waals surface area contributed by atoms with Crippen molar-refractivity contribution in [1.29, 1.82) is 0 Å². The van der Waals surface area contributed by atoms with Crippen molar-refractivity contribution < 1.29 is 9.84 Å². The standard InChI is InChI=1S/C23H30N2O2/c26-22-9-5-4-8-21(22)10-13-24-14-11-23(12-15-24)19-27-17-16-25(23)18-20-6-2-1-3-7-20/h1-9,26H,10-19H2. The lowest BCUT2D eigenvalue weighted by atomic mass is 9.85. The summed E-state index contributed by atoms with van der Waals surface area (Å²) >= 11 is 0. The minimum Gasteiger partial charge on any atom is -0.508 e. The smallest absolute Gasteiger partial charge is 0.118 e. The van der Waals surface area contributed by atoms with Gasteiger partial charge < -0.3 is 14.7 Å². The number of nitrogens with zero attached hydrogens (tertiary/aromatic N) is 2. The Balaban J connectivity index is 1.35. The fourth-order valence-electron chi connectivity index (χ4n) is 4.47. The molecule has 0 aromatic heterocycles. The minimum absolute atomic E-state index is 0.180. The molecule has 2 aromatic rings. The first-order valence-electron chi connectivity index (χ1n) is 10.1. The Morgan fingerprint density at radius 3 is 2.44 bits per heavy atom. The van der Waals surface area contributed by atoms with E-state index in [1.807, 2.05) is 18.2 Å². The molecule has 0 bridgehead atoms. The predicted octanol–water partition coefficient (Wildman–Crippen LogP) is 3.30. The molecule has 1 N–H and O–H groups in total. The van der Waals surface area contributed by atoms with Gasteiger partial charge in [0.1, 0.15) is 5.75 Å². The molecule has 0 radical (unpaired) electrons. The van der Waals surface area contributed by atoms with Crippen LogP contribution in [0.5, 0.6) is 5.75 Å². The van der Waals surface area contributed by atoms with E-state index in [4.69, 9.17) is 4.74 Å². The molecule has 2 aliphatic heterocycles. The van der Waals surface area contributed by atoms with Crippen LogP contribution >= 0.6 is 0 Å². The van der Waals surface area contributed by atoms with Gasteiger partial charge in [0, 0.05) is 25.2 Å². The summed E-state index contributed by atoms with van der Waals surface area (Å²) in [5.41, 5.74) is 2.62. The molecule has 0 saturated carbocycles. The highest BCUT2D eigenvalue weighted by Crippen LogP contribution is 2.33. The van der Waals surface area contributed by atoms with E-state index >= 15 is 0 Å². The molecule has 4 nitrogen and oxygen atoms in total. The lowest BCUT2D eigenvalue weighted by Gasteiger charge is -2.51. The summed E-state index contributed by atoms with van der Waals surface area (Å²) in [4.78, 5) is 5.19. The molecule has 0 unspecified atom stereocenters. The van der Waals surface area contributed by atoms with Crippen molar-refractivity contribution in [3.05, 3.63) is 65.7 Å². The molecule has 144 valence electrons. The molecular formula is C23H30N2O2. The van der Waals surface area contributed by atoms with E-state index in [0.29, 0.717) is 5.75 Å². The first-order chi connectivity index (χ1) is 13.3. The van der Waals surface area contributed by atoms with Gasteiger partial charge in [0.05, 0.1) is 13.2 Å². The zero-order valence-corrected chi connectivity index (χ0v) is 16.0. The molecule has 4 heteroatoms. The van der Waals surface area contributed by atoms with Crippen molar-refractivity contribution in [2.75, 3.05) is 39.4 Å². The lowest BCUT2D eigenvalue weighted by molar-refractivity contribution is -0.0987. The summed E-state index contributed by atoms with van der Waals surface area (Å²) in [6.45, 7) is 6.94. The van der Waals surface area contributed by atoms with E-state index in [9.17, 15) is 5.11 Å². The largest absolute Gasteiger partial charge is 0.508 e. The number of para-hydroxylation sites is 1. The Kier molecular flexibility index (Phi) is 5.77. The van der Waals surface area contributed by atoms with Crippen LogP contribution in [-0.4, -0.2) is 59.8 Å². The van der Waals surface area contributed by atoms with Crippen molar-refractivity contribution in [3.8, 4) is 5.75 Å². The van der Waals surface area contributed by atoms with Gasteiger partial charge >= 0.3 is 0 Å². The van der Waals surface area contributed by atoms with Gasteiger partial charge in [-0.3, -0.25) is 4.90 Å². The van der Waals surface area contributed by atoms with Crippen molar-refractivity contribution in [1.82, 2.24) is 9.80 Å². The number of piperidine rings is 1. The van der Waals surface area contributed by atoms with Crippen LogP contribution in [0, 0.1) is 0 Å². The Bertz CT molecular complexity index is 726. The van der Waals surface area contributed by atoms with Crippen LogP contribution in [-0.2, 0) is 17.7 Å². The molecule has 0 amide bonds. The number of benzene rings is 2. The molecule has 0 aliphatic carbocycles. The van der Waals surface area contributed by atoms with Crippen LogP contribution in [0.25, 0.3) is 0 Å². The first kappa shape index (κ1) is 18.5. The van der Waals surface area contributed by atoms with Crippen molar-refractivity contribution in [3.63, 3.8) is 0 Å². The topological polar surface area (TPSA) is 35.9 Å². The van der Waals surface area contributed by atoms with E-state index in [2.05, 4.69) is 40.1 Å². The van der Waals surface area contributed by atoms with Crippen molar-refractivity contribution >= 4 is 0 Å². The van der Waals surface area contributed by atoms with Crippen LogP contribution in [0.2, 0.25) is 0 Å². The highest BCUT2D eigenvalue weighted by atomic mass is 16.5. The third-order valence-electron chi connectivity index (χ3n) is 6.24. The van der Waals surface area contributed by atoms with Gasteiger partial charge in [0.25, 0.3) is 0 Å². The number of phenolic OH excluding ortho intramolecular Hbond substituents is 1. The molecule has 2 aliphatic rings. The number of hydrogen-bond acceptors (Lipinski definition) is 4. The van der Waals surface area contributed by atoms with Crippen LogP contribution in [0.3, 0.4) is 0 Å². The number of hydrogen-bond donors (Lipinski definition) is 1. The zero-order chi connectivity index (χ0) is 18.5. The normalized spacial score (nSPS) is 20.7. The quantitative estimate of drug-likeness (QED) is 0.881. The molecule has 2 aromatic carbocycles. The van der Waals surface area contributed by atoms with Crippen LogP contribution in [0.15, 0.2) is 54.6 Å². The molecule has 2 fully saturated rings. The van der Waals surface area contributed by atoms with Gasteiger partial charge in [-0.05, 0) is 49.5 Å². The highest BCUT2D eigenvalue weighted by Gasteiger charge is 2.41. The summed E-state index contributed by atoms with van der Waals surface area (Å²) in [7, 11) is 0. The molecule has 4 rings (SSSR count). The maximum atomic E-state index is 9.97. The first-order valence-corrected chi connectivity index (χ1v) is 10.1. The van der Waals surface area contributed by atoms with Gasteiger partial charge in [-0.15, -0.1) is 0 Å². The van der Waals surface area contributed by atoms with Crippen molar-refractivity contribution in [2.24, 2.45) is 0 Å². The summed E-state index contributed by atoms with van der Waals surface area (Å²) in [6, 6.07) is 18.5. The maximum Gasteiger partial charge on any atom is 0.118 e. The molecule has 1 spiro atoms. The van der Waals surface area contributed by atoms with E-state index in [-0.39, 0.29) is 5.54 Å². The van der Waals surface area contributed by atoms with E-state index in [0.717, 1.165) is 70.8 Å². The van der Waals surface area contributed by atoms with E-state index in [1.165, 1.54) is 5.56 Å². The maximum absolute atomic E-state index is 9.97. The minimum atomic E-state index is 0.180. The van der Waals surface area contributed by atoms with Crippen LogP contribution in [0.4, 0.5) is 0 Å². The molecule has 2 heterocycles. The van der Waals surface area contributed by atoms with E-state index in [1.54, 1.807) is 6.07 Å². The predicted molar refractivity (Wildman–Crippen MR) is 108 cm³/mol. The summed E-state index contributed by atoms with van der Waals surface area (Å²) in [5, 5.41) is 9.97. The average molecular weight is 367 g/mol. The second kappa shape index (κ2) is 8.42. The lowest BCUT2D eigenvalue weighted by Crippen LogP contribution is -2.61. The number of ether oxygens (including phenoxy) is 1. The highest BCUT2D eigenvalue weighted by molar-refractivity contribution is 5.31. The summed E-state index contributed by atoms with van der Waals surface area (Å²) < 4.78 is 5.92. The summed E-state index contributed by atoms with van der Waals surface area (Å²) in [5.74, 6) is 0.417. The van der Waals surface area contributed by atoms with E-state index < -0.39 is 0 Å². The molecule has 0 atom stereocenters. The monoisotopic (exact) mass is 366 g/mol. The number of phenols is 1. The summed E-state index contributed by atoms with van der Waals surface area (Å²) in [6.07, 6.45) is 3.21. The van der Waals surface area contributed by atoms with Gasteiger partial charge in [0.2, 0.25) is 0 Å². The van der Waals surface area contributed by atoms with Gasteiger partial charge in [0.15, 0.2) is 0 Å². The second-order valence-electron chi connectivity index (χ2n) is 7.90. The average Bonchev–Trinajstić information content (AvgIpc) is 2.71. The fraction of sp³-hybridized carbons (Fsp3) is 0.478. The Hall–Kier alpha value is -1.88. The van der Waals surface area contributed by atoms with Gasteiger partial charge in [-0.2, -0.15) is 0 Å².